The summed E-state index contributed by atoms with van der Waals surface area (Å²) in [6.07, 6.45) is 14.9. The van der Waals surface area contributed by atoms with Crippen molar-refractivity contribution in [3.8, 4) is 23.8 Å². The summed E-state index contributed by atoms with van der Waals surface area (Å²) in [5, 5.41) is 4.14. The normalized spacial score (nSPS) is 19.1. The molecule has 3 N–H and O–H groups in total. The Morgan fingerprint density at radius 2 is 1.77 bits per heavy atom. The van der Waals surface area contributed by atoms with Crippen LogP contribution >= 0.6 is 11.6 Å². The zero-order valence-corrected chi connectivity index (χ0v) is 17.4. The molecule has 0 aromatic heterocycles. The molecule has 3 rings (SSSR count). The van der Waals surface area contributed by atoms with Crippen molar-refractivity contribution in [2.75, 3.05) is 13.2 Å². The molecule has 0 aliphatic heterocycles. The van der Waals surface area contributed by atoms with Crippen LogP contribution in [-0.4, -0.2) is 13.2 Å². The lowest BCUT2D eigenvalue weighted by Crippen LogP contribution is -2.23. The number of benzene rings is 2. The van der Waals surface area contributed by atoms with Crippen LogP contribution in [0.15, 0.2) is 84.2 Å². The summed E-state index contributed by atoms with van der Waals surface area (Å²) in [7, 11) is 0. The van der Waals surface area contributed by atoms with Crippen molar-refractivity contribution in [1.29, 1.82) is 0 Å². The SMILES string of the molecule is C#CCOC(CN/C1=C/C/C(N)=C/C=C\C1)c1ccc(Oc2ccc(Cl)cc2)cc1. The maximum atomic E-state index is 5.93. The Morgan fingerprint density at radius 3 is 2.47 bits per heavy atom. The number of ether oxygens (including phenoxy) is 2. The number of rotatable bonds is 8. The minimum Gasteiger partial charge on any atom is -0.457 e. The van der Waals surface area contributed by atoms with E-state index in [0.717, 1.165) is 41.3 Å². The third kappa shape index (κ3) is 6.73. The van der Waals surface area contributed by atoms with Gasteiger partial charge >= 0.3 is 0 Å². The quantitative estimate of drug-likeness (QED) is 0.554. The number of nitrogens with one attached hydrogen (secondary N) is 1. The first-order valence-electron chi connectivity index (χ1n) is 9.76. The highest BCUT2D eigenvalue weighted by Gasteiger charge is 2.13. The summed E-state index contributed by atoms with van der Waals surface area (Å²) in [5.41, 5.74) is 8.89. The highest BCUT2D eigenvalue weighted by Crippen LogP contribution is 2.26. The van der Waals surface area contributed by atoms with Crippen molar-refractivity contribution in [2.24, 2.45) is 5.73 Å². The van der Waals surface area contributed by atoms with E-state index in [2.05, 4.69) is 23.4 Å². The van der Waals surface area contributed by atoms with Gasteiger partial charge in [-0.3, -0.25) is 0 Å². The van der Waals surface area contributed by atoms with E-state index in [0.29, 0.717) is 11.6 Å². The van der Waals surface area contributed by atoms with Gasteiger partial charge in [-0.2, -0.15) is 0 Å². The first kappa shape index (κ1) is 21.6. The van der Waals surface area contributed by atoms with Gasteiger partial charge in [-0.25, -0.2) is 0 Å². The first-order chi connectivity index (χ1) is 14.6. The fraction of sp³-hybridized carbons (Fsp3) is 0.200. The van der Waals surface area contributed by atoms with Gasteiger partial charge in [-0.15, -0.1) is 6.42 Å². The monoisotopic (exact) mass is 420 g/mol. The molecule has 2 aromatic rings. The molecule has 0 heterocycles. The van der Waals surface area contributed by atoms with Crippen LogP contribution in [0.4, 0.5) is 0 Å². The van der Waals surface area contributed by atoms with E-state index in [-0.39, 0.29) is 12.7 Å². The zero-order valence-electron chi connectivity index (χ0n) is 16.7. The van der Waals surface area contributed by atoms with Crippen LogP contribution in [0.1, 0.15) is 24.5 Å². The molecule has 1 aliphatic carbocycles. The number of terminal acetylenes is 1. The van der Waals surface area contributed by atoms with Crippen LogP contribution in [0.25, 0.3) is 0 Å². The molecule has 0 spiro atoms. The number of hydrogen-bond donors (Lipinski definition) is 2. The Kier molecular flexibility index (Phi) is 8.02. The van der Waals surface area contributed by atoms with Crippen molar-refractivity contribution in [3.63, 3.8) is 0 Å². The van der Waals surface area contributed by atoms with Gasteiger partial charge in [0.25, 0.3) is 0 Å². The topological polar surface area (TPSA) is 56.5 Å². The van der Waals surface area contributed by atoms with E-state index >= 15 is 0 Å². The van der Waals surface area contributed by atoms with Gasteiger partial charge in [0, 0.05) is 35.8 Å². The van der Waals surface area contributed by atoms with E-state index in [1.165, 1.54) is 0 Å². The molecule has 1 unspecified atom stereocenters. The van der Waals surface area contributed by atoms with Gasteiger partial charge in [0.2, 0.25) is 0 Å². The second kappa shape index (κ2) is 11.2. The van der Waals surface area contributed by atoms with Crippen molar-refractivity contribution < 1.29 is 9.47 Å². The lowest BCUT2D eigenvalue weighted by molar-refractivity contribution is 0.0793. The van der Waals surface area contributed by atoms with Crippen molar-refractivity contribution in [3.05, 3.63) is 94.8 Å². The summed E-state index contributed by atoms with van der Waals surface area (Å²) in [5.74, 6) is 4.01. The van der Waals surface area contributed by atoms with E-state index in [9.17, 15) is 0 Å². The van der Waals surface area contributed by atoms with Crippen LogP contribution in [0.2, 0.25) is 5.02 Å². The maximum Gasteiger partial charge on any atom is 0.127 e. The van der Waals surface area contributed by atoms with Crippen LogP contribution in [0, 0.1) is 12.3 Å². The molecular formula is C25H25ClN2O2. The van der Waals surface area contributed by atoms with E-state index in [4.69, 9.17) is 33.2 Å². The highest BCUT2D eigenvalue weighted by molar-refractivity contribution is 6.30. The molecule has 154 valence electrons. The van der Waals surface area contributed by atoms with E-state index < -0.39 is 0 Å². The molecule has 1 atom stereocenters. The third-order valence-electron chi connectivity index (χ3n) is 4.55. The van der Waals surface area contributed by atoms with Crippen molar-refractivity contribution >= 4 is 11.6 Å². The van der Waals surface area contributed by atoms with Gasteiger partial charge in [0.15, 0.2) is 0 Å². The van der Waals surface area contributed by atoms with Crippen LogP contribution in [-0.2, 0) is 4.74 Å². The number of allylic oxidation sites excluding steroid dienone is 4. The Balaban J connectivity index is 1.65. The Labute approximate surface area is 183 Å². The molecular weight excluding hydrogens is 396 g/mol. The molecule has 0 bridgehead atoms. The summed E-state index contributed by atoms with van der Waals surface area (Å²) >= 11 is 5.92. The van der Waals surface area contributed by atoms with Crippen molar-refractivity contribution in [1.82, 2.24) is 5.32 Å². The van der Waals surface area contributed by atoms with Crippen LogP contribution in [0.3, 0.4) is 0 Å². The average molecular weight is 421 g/mol. The predicted octanol–water partition coefficient (Wildman–Crippen LogP) is 5.49. The molecule has 1 aliphatic rings. The maximum absolute atomic E-state index is 5.93. The van der Waals surface area contributed by atoms with Crippen molar-refractivity contribution in [2.45, 2.75) is 18.9 Å². The number of hydrogen-bond acceptors (Lipinski definition) is 4. The Hall–Kier alpha value is -3.13. The standard InChI is InChI=1S/C25H25ClN2O2/c1-2-17-29-25(18-28-22-6-4-3-5-21(27)11-12-22)19-7-13-23(14-8-19)30-24-15-9-20(26)10-16-24/h1,3-5,7-10,12-16,25,28H,6,11,17-18,27H2/b4-3-,21-5-,22-12+. The molecule has 0 saturated heterocycles. The first-order valence-corrected chi connectivity index (χ1v) is 10.1. The minimum absolute atomic E-state index is 0.186. The van der Waals surface area contributed by atoms with Gasteiger partial charge in [0.1, 0.15) is 24.2 Å². The minimum atomic E-state index is -0.186. The van der Waals surface area contributed by atoms with E-state index in [1.54, 1.807) is 12.1 Å². The third-order valence-corrected chi connectivity index (χ3v) is 4.80. The molecule has 2 aromatic carbocycles. The Morgan fingerprint density at radius 1 is 1.07 bits per heavy atom. The molecule has 0 amide bonds. The summed E-state index contributed by atoms with van der Waals surface area (Å²) in [6.45, 7) is 0.840. The Bertz CT molecular complexity index is 954. The second-order valence-electron chi connectivity index (χ2n) is 6.82. The van der Waals surface area contributed by atoms with Crippen LogP contribution in [0.5, 0.6) is 11.5 Å². The van der Waals surface area contributed by atoms with Gasteiger partial charge < -0.3 is 20.5 Å². The van der Waals surface area contributed by atoms with Crippen LogP contribution < -0.4 is 15.8 Å². The summed E-state index contributed by atoms with van der Waals surface area (Å²) in [6, 6.07) is 15.1. The molecule has 4 nitrogen and oxygen atoms in total. The summed E-state index contributed by atoms with van der Waals surface area (Å²) < 4.78 is 11.7. The molecule has 0 radical (unpaired) electrons. The molecule has 0 fully saturated rings. The largest absolute Gasteiger partial charge is 0.457 e. The zero-order chi connectivity index (χ0) is 21.2. The fourth-order valence-corrected chi connectivity index (χ4v) is 3.08. The second-order valence-corrected chi connectivity index (χ2v) is 7.25. The lowest BCUT2D eigenvalue weighted by atomic mass is 10.1. The van der Waals surface area contributed by atoms with Gasteiger partial charge in [-0.1, -0.05) is 47.9 Å². The average Bonchev–Trinajstić information content (AvgIpc) is 2.75. The smallest absolute Gasteiger partial charge is 0.127 e. The molecule has 30 heavy (non-hydrogen) atoms. The fourth-order valence-electron chi connectivity index (χ4n) is 2.96. The highest BCUT2D eigenvalue weighted by atomic mass is 35.5. The van der Waals surface area contributed by atoms with Gasteiger partial charge in [0.05, 0.1) is 0 Å². The number of halogens is 1. The van der Waals surface area contributed by atoms with Gasteiger partial charge in [-0.05, 0) is 48.0 Å². The lowest BCUT2D eigenvalue weighted by Gasteiger charge is -2.20. The molecule has 5 heteroatoms. The molecule has 0 saturated carbocycles. The predicted molar refractivity (Wildman–Crippen MR) is 122 cm³/mol. The number of nitrogens with two attached hydrogens (primary N) is 1. The summed E-state index contributed by atoms with van der Waals surface area (Å²) in [4.78, 5) is 0. The van der Waals surface area contributed by atoms with E-state index in [1.807, 2.05) is 48.6 Å².